The molecule has 2 heterocycles. The molecule has 0 atom stereocenters. The summed E-state index contributed by atoms with van der Waals surface area (Å²) < 4.78 is 50.9. The molecule has 3 aromatic rings. The second-order valence-corrected chi connectivity index (χ2v) is 7.18. The fraction of sp³-hybridized carbons (Fsp3) is 0.350. The number of fused-ring (bicyclic) bond motifs is 1. The minimum Gasteiger partial charge on any atom is -0.481 e. The van der Waals surface area contributed by atoms with E-state index < -0.39 is 30.1 Å². The number of hydrogen-bond donors (Lipinski definition) is 0. The van der Waals surface area contributed by atoms with Crippen LogP contribution in [0.4, 0.5) is 13.2 Å². The van der Waals surface area contributed by atoms with Gasteiger partial charge in [0.05, 0.1) is 13.2 Å². The van der Waals surface area contributed by atoms with Crippen LogP contribution in [-0.4, -0.2) is 39.5 Å². The number of rotatable bonds is 6. The van der Waals surface area contributed by atoms with Crippen LogP contribution in [0.3, 0.4) is 0 Å². The summed E-state index contributed by atoms with van der Waals surface area (Å²) in [6.45, 7) is 1.52. The third-order valence-corrected chi connectivity index (χ3v) is 4.75. The fourth-order valence-electron chi connectivity index (χ4n) is 3.19. The number of alkyl halides is 3. The number of nitrogens with zero attached hydrogens (tertiary/aromatic N) is 3. The van der Waals surface area contributed by atoms with Gasteiger partial charge in [-0.15, -0.1) is 0 Å². The highest BCUT2D eigenvalue weighted by atomic mass is 35.5. The molecule has 11 heteroatoms. The molecule has 0 N–H and O–H groups in total. The average molecular weight is 458 g/mol. The molecule has 31 heavy (non-hydrogen) atoms. The van der Waals surface area contributed by atoms with Gasteiger partial charge >= 0.3 is 12.1 Å². The van der Waals surface area contributed by atoms with Gasteiger partial charge in [-0.1, -0.05) is 23.7 Å². The number of hydrogen-bond acceptors (Lipinski definition) is 5. The molecule has 0 aliphatic carbocycles. The Morgan fingerprint density at radius 2 is 2.00 bits per heavy atom. The van der Waals surface area contributed by atoms with Gasteiger partial charge in [0, 0.05) is 12.1 Å². The van der Waals surface area contributed by atoms with E-state index in [-0.39, 0.29) is 29.9 Å². The van der Waals surface area contributed by atoms with Gasteiger partial charge in [-0.05, 0) is 31.5 Å². The maximum atomic E-state index is 13.3. The molecule has 0 saturated carbocycles. The van der Waals surface area contributed by atoms with Crippen molar-refractivity contribution >= 4 is 28.6 Å². The largest absolute Gasteiger partial charge is 0.481 e. The Labute approximate surface area is 180 Å². The van der Waals surface area contributed by atoms with Gasteiger partial charge < -0.3 is 14.0 Å². The lowest BCUT2D eigenvalue weighted by molar-refractivity contribution is -0.153. The van der Waals surface area contributed by atoms with Crippen molar-refractivity contribution in [3.05, 3.63) is 56.7 Å². The summed E-state index contributed by atoms with van der Waals surface area (Å²) in [6, 6.07) is 6.79. The molecule has 0 aliphatic rings. The number of benzene rings is 1. The first kappa shape index (κ1) is 22.7. The maximum absolute atomic E-state index is 13.3. The summed E-state index contributed by atoms with van der Waals surface area (Å²) in [5.41, 5.74) is -0.250. The first-order chi connectivity index (χ1) is 14.5. The van der Waals surface area contributed by atoms with Gasteiger partial charge in [-0.2, -0.15) is 13.2 Å². The SMILES string of the molecule is CCOC(=O)c1c(OCC(F)(F)F)c2c(=O)n(Cc3cccc(Cl)c3)c(C)nc2n1C. The van der Waals surface area contributed by atoms with Gasteiger partial charge in [-0.25, -0.2) is 9.78 Å². The molecule has 0 aliphatic heterocycles. The Bertz CT molecular complexity index is 1200. The van der Waals surface area contributed by atoms with E-state index in [2.05, 4.69) is 4.98 Å². The van der Waals surface area contributed by atoms with Gasteiger partial charge in [-0.3, -0.25) is 9.36 Å². The number of aryl methyl sites for hydroxylation is 2. The standard InChI is InChI=1S/C20H19ClF3N3O4/c1-4-30-19(29)15-16(31-10-20(22,23)24)14-17(26(15)3)25-11(2)27(18(14)28)9-12-6-5-7-13(21)8-12/h5-8H,4,9-10H2,1-3H3. The highest BCUT2D eigenvalue weighted by Gasteiger charge is 2.33. The fourth-order valence-corrected chi connectivity index (χ4v) is 3.41. The number of halogens is 4. The second-order valence-electron chi connectivity index (χ2n) is 6.74. The van der Waals surface area contributed by atoms with Crippen LogP contribution in [0.1, 0.15) is 28.8 Å². The monoisotopic (exact) mass is 457 g/mol. The lowest BCUT2D eigenvalue weighted by Crippen LogP contribution is -2.25. The average Bonchev–Trinajstić information content (AvgIpc) is 2.95. The van der Waals surface area contributed by atoms with E-state index in [1.807, 2.05) is 0 Å². The van der Waals surface area contributed by atoms with E-state index in [9.17, 15) is 22.8 Å². The van der Waals surface area contributed by atoms with Gasteiger partial charge in [0.1, 0.15) is 11.2 Å². The Hall–Kier alpha value is -3.01. The summed E-state index contributed by atoms with van der Waals surface area (Å²) >= 11 is 6.00. The smallest absolute Gasteiger partial charge is 0.422 e. The maximum Gasteiger partial charge on any atom is 0.422 e. The zero-order valence-electron chi connectivity index (χ0n) is 16.9. The molecule has 166 valence electrons. The first-order valence-corrected chi connectivity index (χ1v) is 9.62. The third-order valence-electron chi connectivity index (χ3n) is 4.51. The Balaban J connectivity index is 2.24. The summed E-state index contributed by atoms with van der Waals surface area (Å²) in [6.07, 6.45) is -4.67. The van der Waals surface area contributed by atoms with Crippen LogP contribution in [0.5, 0.6) is 5.75 Å². The lowest BCUT2D eigenvalue weighted by atomic mass is 10.2. The number of carbonyl (C=O) groups is 1. The Kier molecular flexibility index (Phi) is 6.30. The number of carbonyl (C=O) groups excluding carboxylic acids is 1. The Morgan fingerprint density at radius 3 is 2.61 bits per heavy atom. The van der Waals surface area contributed by atoms with E-state index in [1.54, 1.807) is 38.1 Å². The summed E-state index contributed by atoms with van der Waals surface area (Å²) in [5, 5.41) is 0.234. The molecule has 0 unspecified atom stereocenters. The molecule has 0 fully saturated rings. The highest BCUT2D eigenvalue weighted by molar-refractivity contribution is 6.30. The zero-order chi connectivity index (χ0) is 22.9. The van der Waals surface area contributed by atoms with Crippen LogP contribution in [0, 0.1) is 6.92 Å². The number of ether oxygens (including phenoxy) is 2. The minimum absolute atomic E-state index is 0.00940. The van der Waals surface area contributed by atoms with Crippen molar-refractivity contribution < 1.29 is 27.4 Å². The van der Waals surface area contributed by atoms with Crippen molar-refractivity contribution in [2.75, 3.05) is 13.2 Å². The van der Waals surface area contributed by atoms with Crippen LogP contribution in [0.2, 0.25) is 5.02 Å². The van der Waals surface area contributed by atoms with Crippen LogP contribution >= 0.6 is 11.6 Å². The van der Waals surface area contributed by atoms with E-state index in [0.29, 0.717) is 16.4 Å². The molecule has 3 rings (SSSR count). The summed E-state index contributed by atoms with van der Waals surface area (Å²) in [5.74, 6) is -1.12. The molecule has 0 spiro atoms. The molecule has 0 amide bonds. The molecule has 0 radical (unpaired) electrons. The summed E-state index contributed by atoms with van der Waals surface area (Å²) in [7, 11) is 1.40. The third kappa shape index (κ3) is 4.68. The van der Waals surface area contributed by atoms with E-state index >= 15 is 0 Å². The second kappa shape index (κ2) is 8.62. The van der Waals surface area contributed by atoms with Crippen molar-refractivity contribution in [1.29, 1.82) is 0 Å². The van der Waals surface area contributed by atoms with Crippen LogP contribution in [0.25, 0.3) is 11.0 Å². The predicted octanol–water partition coefficient (Wildman–Crippen LogP) is 3.86. The molecule has 2 aromatic heterocycles. The molecular weight excluding hydrogens is 439 g/mol. The molecule has 1 aromatic carbocycles. The zero-order valence-corrected chi connectivity index (χ0v) is 17.7. The Morgan fingerprint density at radius 1 is 1.29 bits per heavy atom. The van der Waals surface area contributed by atoms with E-state index in [1.165, 1.54) is 16.2 Å². The number of aromatic nitrogens is 3. The van der Waals surface area contributed by atoms with E-state index in [4.69, 9.17) is 21.1 Å². The lowest BCUT2D eigenvalue weighted by Gasteiger charge is -2.12. The first-order valence-electron chi connectivity index (χ1n) is 9.24. The van der Waals surface area contributed by atoms with Gasteiger partial charge in [0.15, 0.2) is 23.7 Å². The molecular formula is C20H19ClF3N3O4. The minimum atomic E-state index is -4.67. The quantitative estimate of drug-likeness (QED) is 0.525. The van der Waals surface area contributed by atoms with Crippen molar-refractivity contribution in [1.82, 2.24) is 14.1 Å². The van der Waals surface area contributed by atoms with E-state index in [0.717, 1.165) is 0 Å². The van der Waals surface area contributed by atoms with Crippen molar-refractivity contribution in [3.8, 4) is 5.75 Å². The van der Waals surface area contributed by atoms with Crippen LogP contribution in [0.15, 0.2) is 29.1 Å². The normalized spacial score (nSPS) is 11.7. The van der Waals surface area contributed by atoms with Crippen LogP contribution < -0.4 is 10.3 Å². The molecule has 7 nitrogen and oxygen atoms in total. The van der Waals surface area contributed by atoms with Crippen LogP contribution in [-0.2, 0) is 18.3 Å². The highest BCUT2D eigenvalue weighted by Crippen LogP contribution is 2.32. The van der Waals surface area contributed by atoms with Crippen molar-refractivity contribution in [2.24, 2.45) is 7.05 Å². The number of esters is 1. The van der Waals surface area contributed by atoms with Gasteiger partial charge in [0.25, 0.3) is 5.56 Å². The topological polar surface area (TPSA) is 75.3 Å². The summed E-state index contributed by atoms with van der Waals surface area (Å²) in [4.78, 5) is 30.1. The molecule has 0 bridgehead atoms. The predicted molar refractivity (Wildman–Crippen MR) is 108 cm³/mol. The van der Waals surface area contributed by atoms with Crippen molar-refractivity contribution in [3.63, 3.8) is 0 Å². The van der Waals surface area contributed by atoms with Gasteiger partial charge in [0.2, 0.25) is 0 Å². The molecule has 0 saturated heterocycles. The van der Waals surface area contributed by atoms with Crippen molar-refractivity contribution in [2.45, 2.75) is 26.6 Å².